The minimum Gasteiger partial charge on any atom is -0.465 e. The molecule has 3 nitrogen and oxygen atoms in total. The van der Waals surface area contributed by atoms with Crippen molar-refractivity contribution in [3.8, 4) is 0 Å². The lowest BCUT2D eigenvalue weighted by Crippen LogP contribution is -2.18. The van der Waals surface area contributed by atoms with Crippen LogP contribution in [0.4, 0.5) is 0 Å². The molecule has 0 aromatic heterocycles. The van der Waals surface area contributed by atoms with E-state index in [0.717, 1.165) is 5.75 Å². The SMILES string of the molecule is CCOC(=O)C/N=C/C(C)(C)SCc1ccccc1. The quantitative estimate of drug-likeness (QED) is 0.567. The molecule has 0 saturated carbocycles. The van der Waals surface area contributed by atoms with Crippen molar-refractivity contribution >= 4 is 23.9 Å². The standard InChI is InChI=1S/C15H21NO2S/c1-4-18-14(17)10-16-12-15(2,3)19-11-13-8-6-5-7-9-13/h5-9,12H,4,10-11H2,1-3H3/b16-12+. The molecule has 4 heteroatoms. The van der Waals surface area contributed by atoms with E-state index in [1.807, 2.05) is 24.4 Å². The Kier molecular flexibility index (Phi) is 6.64. The molecule has 1 aromatic rings. The van der Waals surface area contributed by atoms with Gasteiger partial charge in [-0.2, -0.15) is 0 Å². The zero-order valence-corrected chi connectivity index (χ0v) is 12.6. The maximum Gasteiger partial charge on any atom is 0.327 e. The first kappa shape index (κ1) is 15.8. The van der Waals surface area contributed by atoms with Gasteiger partial charge in [0.05, 0.1) is 6.61 Å². The summed E-state index contributed by atoms with van der Waals surface area (Å²) in [6, 6.07) is 10.3. The third-order valence-electron chi connectivity index (χ3n) is 2.38. The zero-order chi connectivity index (χ0) is 14.1. The first-order chi connectivity index (χ1) is 9.03. The van der Waals surface area contributed by atoms with Gasteiger partial charge in [0.2, 0.25) is 0 Å². The largest absolute Gasteiger partial charge is 0.465 e. The highest BCUT2D eigenvalue weighted by Gasteiger charge is 2.15. The number of hydrogen-bond acceptors (Lipinski definition) is 4. The van der Waals surface area contributed by atoms with Crippen LogP contribution < -0.4 is 0 Å². The second-order valence-corrected chi connectivity index (χ2v) is 6.28. The molecule has 0 heterocycles. The van der Waals surface area contributed by atoms with Gasteiger partial charge in [-0.15, -0.1) is 11.8 Å². The number of benzene rings is 1. The van der Waals surface area contributed by atoms with Gasteiger partial charge in [-0.25, -0.2) is 0 Å². The third-order valence-corrected chi connectivity index (χ3v) is 3.71. The fraction of sp³-hybridized carbons (Fsp3) is 0.467. The smallest absolute Gasteiger partial charge is 0.327 e. The summed E-state index contributed by atoms with van der Waals surface area (Å²) in [4.78, 5) is 15.3. The average Bonchev–Trinajstić information content (AvgIpc) is 2.38. The Morgan fingerprint density at radius 3 is 2.68 bits per heavy atom. The Morgan fingerprint density at radius 2 is 2.05 bits per heavy atom. The van der Waals surface area contributed by atoms with Gasteiger partial charge < -0.3 is 4.74 Å². The van der Waals surface area contributed by atoms with E-state index in [1.54, 1.807) is 18.7 Å². The highest BCUT2D eigenvalue weighted by molar-refractivity contribution is 8.00. The number of aliphatic imine (C=N–C) groups is 1. The van der Waals surface area contributed by atoms with Crippen LogP contribution >= 0.6 is 11.8 Å². The molecule has 0 aliphatic rings. The molecule has 1 rings (SSSR count). The summed E-state index contributed by atoms with van der Waals surface area (Å²) in [7, 11) is 0. The first-order valence-corrected chi connectivity index (χ1v) is 7.36. The van der Waals surface area contributed by atoms with E-state index in [4.69, 9.17) is 4.74 Å². The van der Waals surface area contributed by atoms with Crippen molar-refractivity contribution in [1.82, 2.24) is 0 Å². The number of carbonyl (C=O) groups is 1. The fourth-order valence-electron chi connectivity index (χ4n) is 1.43. The highest BCUT2D eigenvalue weighted by Crippen LogP contribution is 2.26. The molecule has 0 N–H and O–H groups in total. The Bertz CT molecular complexity index is 415. The van der Waals surface area contributed by atoms with E-state index >= 15 is 0 Å². The number of rotatable bonds is 7. The first-order valence-electron chi connectivity index (χ1n) is 6.38. The van der Waals surface area contributed by atoms with Crippen molar-refractivity contribution in [2.45, 2.75) is 31.3 Å². The number of ether oxygens (including phenoxy) is 1. The van der Waals surface area contributed by atoms with E-state index in [-0.39, 0.29) is 17.3 Å². The van der Waals surface area contributed by atoms with Crippen molar-refractivity contribution < 1.29 is 9.53 Å². The van der Waals surface area contributed by atoms with Crippen LogP contribution in [0.25, 0.3) is 0 Å². The van der Waals surface area contributed by atoms with Gasteiger partial charge in [0, 0.05) is 16.7 Å². The topological polar surface area (TPSA) is 38.7 Å². The van der Waals surface area contributed by atoms with Crippen LogP contribution in [0.2, 0.25) is 0 Å². The zero-order valence-electron chi connectivity index (χ0n) is 11.8. The van der Waals surface area contributed by atoms with Crippen LogP contribution in [0.15, 0.2) is 35.3 Å². The van der Waals surface area contributed by atoms with Crippen LogP contribution in [-0.4, -0.2) is 30.1 Å². The second-order valence-electron chi connectivity index (χ2n) is 4.65. The molecule has 0 aliphatic heterocycles. The van der Waals surface area contributed by atoms with Crippen LogP contribution in [0.5, 0.6) is 0 Å². The van der Waals surface area contributed by atoms with Crippen molar-refractivity contribution in [3.63, 3.8) is 0 Å². The molecule has 1 aromatic carbocycles. The Balaban J connectivity index is 2.39. The summed E-state index contributed by atoms with van der Waals surface area (Å²) < 4.78 is 4.73. The van der Waals surface area contributed by atoms with Crippen LogP contribution in [0.1, 0.15) is 26.3 Å². The summed E-state index contributed by atoms with van der Waals surface area (Å²) in [5, 5.41) is 0. The lowest BCUT2D eigenvalue weighted by molar-refractivity contribution is -0.141. The van der Waals surface area contributed by atoms with Crippen LogP contribution in [-0.2, 0) is 15.3 Å². The van der Waals surface area contributed by atoms with Gasteiger partial charge in [-0.1, -0.05) is 30.3 Å². The second kappa shape index (κ2) is 8.00. The van der Waals surface area contributed by atoms with E-state index in [1.165, 1.54) is 5.56 Å². The van der Waals surface area contributed by atoms with Crippen molar-refractivity contribution in [3.05, 3.63) is 35.9 Å². The number of carbonyl (C=O) groups excluding carboxylic acids is 1. The molecular weight excluding hydrogens is 258 g/mol. The molecule has 19 heavy (non-hydrogen) atoms. The molecular formula is C15H21NO2S. The maximum absolute atomic E-state index is 11.2. The lowest BCUT2D eigenvalue weighted by atomic mass is 10.2. The average molecular weight is 279 g/mol. The predicted molar refractivity (Wildman–Crippen MR) is 81.8 cm³/mol. The molecule has 104 valence electrons. The summed E-state index contributed by atoms with van der Waals surface area (Å²) in [6.07, 6.45) is 1.83. The molecule has 0 radical (unpaired) electrons. The summed E-state index contributed by atoms with van der Waals surface area (Å²) in [5.74, 6) is 0.654. The molecule has 0 bridgehead atoms. The molecule has 0 atom stereocenters. The minimum absolute atomic E-state index is 0.0949. The summed E-state index contributed by atoms with van der Waals surface area (Å²) >= 11 is 1.80. The fourth-order valence-corrected chi connectivity index (χ4v) is 2.31. The van der Waals surface area contributed by atoms with Crippen molar-refractivity contribution in [2.75, 3.05) is 13.2 Å². The normalized spacial score (nSPS) is 11.7. The van der Waals surface area contributed by atoms with E-state index < -0.39 is 0 Å². The monoisotopic (exact) mass is 279 g/mol. The Labute approximate surface area is 119 Å². The number of thioether (sulfide) groups is 1. The highest BCUT2D eigenvalue weighted by atomic mass is 32.2. The number of nitrogens with zero attached hydrogens (tertiary/aromatic N) is 1. The number of esters is 1. The number of hydrogen-bond donors (Lipinski definition) is 0. The van der Waals surface area contributed by atoms with Crippen molar-refractivity contribution in [2.24, 2.45) is 4.99 Å². The van der Waals surface area contributed by atoms with Gasteiger partial charge in [0.1, 0.15) is 6.54 Å². The van der Waals surface area contributed by atoms with E-state index in [2.05, 4.69) is 31.0 Å². The third kappa shape index (κ3) is 7.01. The Morgan fingerprint density at radius 1 is 1.37 bits per heavy atom. The minimum atomic E-state index is -0.275. The van der Waals surface area contributed by atoms with Crippen LogP contribution in [0, 0.1) is 0 Å². The predicted octanol–water partition coefficient (Wildman–Crippen LogP) is 3.33. The van der Waals surface area contributed by atoms with Gasteiger partial charge in [-0.3, -0.25) is 9.79 Å². The van der Waals surface area contributed by atoms with Crippen LogP contribution in [0.3, 0.4) is 0 Å². The molecule has 0 saturated heterocycles. The summed E-state index contributed by atoms with van der Waals surface area (Å²) in [6.45, 7) is 6.48. The lowest BCUT2D eigenvalue weighted by Gasteiger charge is -2.18. The van der Waals surface area contributed by atoms with E-state index in [9.17, 15) is 4.79 Å². The molecule has 0 aliphatic carbocycles. The molecule has 0 spiro atoms. The molecule has 0 fully saturated rings. The maximum atomic E-state index is 11.2. The summed E-state index contributed by atoms with van der Waals surface area (Å²) in [5.41, 5.74) is 1.29. The van der Waals surface area contributed by atoms with E-state index in [0.29, 0.717) is 6.61 Å². The molecule has 0 amide bonds. The van der Waals surface area contributed by atoms with Gasteiger partial charge in [0.25, 0.3) is 0 Å². The Hall–Kier alpha value is -1.29. The van der Waals surface area contributed by atoms with Gasteiger partial charge in [-0.05, 0) is 26.3 Å². The van der Waals surface area contributed by atoms with Gasteiger partial charge in [0.15, 0.2) is 0 Å². The molecule has 0 unspecified atom stereocenters. The van der Waals surface area contributed by atoms with Crippen molar-refractivity contribution in [1.29, 1.82) is 0 Å². The van der Waals surface area contributed by atoms with Gasteiger partial charge >= 0.3 is 5.97 Å².